The lowest BCUT2D eigenvalue weighted by molar-refractivity contribution is -0.0222. The van der Waals surface area contributed by atoms with Crippen molar-refractivity contribution < 1.29 is 0 Å². The minimum absolute atomic E-state index is 0.683. The summed E-state index contributed by atoms with van der Waals surface area (Å²) in [7, 11) is 2.05. The van der Waals surface area contributed by atoms with E-state index in [1.54, 1.807) is 0 Å². The average molecular weight is 226 g/mol. The molecule has 2 nitrogen and oxygen atoms in total. The van der Waals surface area contributed by atoms with Gasteiger partial charge in [-0.25, -0.2) is 0 Å². The highest BCUT2D eigenvalue weighted by Gasteiger charge is 2.40. The van der Waals surface area contributed by atoms with Crippen molar-refractivity contribution in [3.8, 4) is 0 Å². The van der Waals surface area contributed by atoms with Crippen LogP contribution in [0.15, 0.2) is 0 Å². The van der Waals surface area contributed by atoms with Crippen molar-refractivity contribution in [2.45, 2.75) is 46.5 Å². The van der Waals surface area contributed by atoms with Gasteiger partial charge in [-0.2, -0.15) is 0 Å². The third kappa shape index (κ3) is 3.74. The van der Waals surface area contributed by atoms with Gasteiger partial charge in [-0.15, -0.1) is 0 Å². The first kappa shape index (κ1) is 14.0. The first-order chi connectivity index (χ1) is 7.65. The molecule has 1 saturated heterocycles. The predicted octanol–water partition coefficient (Wildman–Crippen LogP) is 2.74. The molecule has 0 aromatic heterocycles. The quantitative estimate of drug-likeness (QED) is 0.684. The second kappa shape index (κ2) is 6.61. The number of nitrogens with one attached hydrogen (secondary N) is 1. The van der Waals surface area contributed by atoms with Crippen molar-refractivity contribution in [2.75, 3.05) is 33.2 Å². The molecule has 0 bridgehead atoms. The Balaban J connectivity index is 2.27. The van der Waals surface area contributed by atoms with Crippen LogP contribution in [0.3, 0.4) is 0 Å². The van der Waals surface area contributed by atoms with Crippen LogP contribution in [0.2, 0.25) is 0 Å². The third-order valence-electron chi connectivity index (χ3n) is 3.80. The van der Waals surface area contributed by atoms with E-state index in [0.717, 1.165) is 12.5 Å². The fourth-order valence-corrected chi connectivity index (χ4v) is 3.39. The van der Waals surface area contributed by atoms with Gasteiger partial charge in [0.1, 0.15) is 0 Å². The maximum atomic E-state index is 3.27. The van der Waals surface area contributed by atoms with Crippen LogP contribution in [0.5, 0.6) is 0 Å². The van der Waals surface area contributed by atoms with Gasteiger partial charge in [0.15, 0.2) is 0 Å². The molecule has 1 fully saturated rings. The zero-order valence-electron chi connectivity index (χ0n) is 11.7. The molecule has 0 spiro atoms. The smallest absolute Gasteiger partial charge is 0.00506 e. The Bertz CT molecular complexity index is 177. The van der Waals surface area contributed by atoms with Gasteiger partial charge in [0.05, 0.1) is 0 Å². The number of nitrogens with zero attached hydrogens (tertiary/aromatic N) is 1. The van der Waals surface area contributed by atoms with Gasteiger partial charge < -0.3 is 10.2 Å². The summed E-state index contributed by atoms with van der Waals surface area (Å²) in [4.78, 5) is 2.65. The normalized spacial score (nSPS) is 21.8. The summed E-state index contributed by atoms with van der Waals surface area (Å²) in [5.41, 5.74) is 0.683. The van der Waals surface area contributed by atoms with E-state index in [-0.39, 0.29) is 0 Å². The van der Waals surface area contributed by atoms with Crippen LogP contribution in [0, 0.1) is 11.3 Å². The number of hydrogen-bond donors (Lipinski definition) is 1. The molecule has 1 atom stereocenters. The van der Waals surface area contributed by atoms with Crippen LogP contribution in [0.1, 0.15) is 46.5 Å². The molecule has 96 valence electrons. The highest BCUT2D eigenvalue weighted by Crippen LogP contribution is 2.39. The van der Waals surface area contributed by atoms with E-state index >= 15 is 0 Å². The molecule has 1 aliphatic heterocycles. The van der Waals surface area contributed by atoms with Gasteiger partial charge in [-0.1, -0.05) is 33.6 Å². The Hall–Kier alpha value is -0.0800. The zero-order chi connectivity index (χ0) is 12.0. The molecule has 1 unspecified atom stereocenters. The Morgan fingerprint density at radius 1 is 1.19 bits per heavy atom. The molecule has 2 heteroatoms. The molecular formula is C14H30N2. The topological polar surface area (TPSA) is 15.3 Å². The minimum atomic E-state index is 0.683. The van der Waals surface area contributed by atoms with E-state index in [0.29, 0.717) is 5.41 Å². The highest BCUT2D eigenvalue weighted by molar-refractivity contribution is 4.94. The van der Waals surface area contributed by atoms with Crippen molar-refractivity contribution in [1.82, 2.24) is 10.2 Å². The van der Waals surface area contributed by atoms with Crippen molar-refractivity contribution in [1.29, 1.82) is 0 Å². The molecule has 1 rings (SSSR count). The first-order valence-corrected chi connectivity index (χ1v) is 7.02. The maximum Gasteiger partial charge on any atom is 0.00506 e. The summed E-state index contributed by atoms with van der Waals surface area (Å²) in [6, 6.07) is 0. The van der Waals surface area contributed by atoms with Crippen LogP contribution >= 0.6 is 0 Å². The summed E-state index contributed by atoms with van der Waals surface area (Å²) >= 11 is 0. The largest absolute Gasteiger partial charge is 0.319 e. The van der Waals surface area contributed by atoms with E-state index in [4.69, 9.17) is 0 Å². The molecule has 0 radical (unpaired) electrons. The van der Waals surface area contributed by atoms with Crippen LogP contribution in [-0.2, 0) is 0 Å². The van der Waals surface area contributed by atoms with E-state index in [1.807, 2.05) is 7.05 Å². The van der Waals surface area contributed by atoms with E-state index in [2.05, 4.69) is 31.0 Å². The van der Waals surface area contributed by atoms with Crippen molar-refractivity contribution >= 4 is 0 Å². The van der Waals surface area contributed by atoms with Gasteiger partial charge in [0, 0.05) is 19.6 Å². The monoisotopic (exact) mass is 226 g/mol. The van der Waals surface area contributed by atoms with Crippen LogP contribution in [0.4, 0.5) is 0 Å². The second-order valence-corrected chi connectivity index (χ2v) is 5.83. The third-order valence-corrected chi connectivity index (χ3v) is 3.80. The minimum Gasteiger partial charge on any atom is -0.319 e. The van der Waals surface area contributed by atoms with Crippen molar-refractivity contribution in [3.63, 3.8) is 0 Å². The lowest BCUT2D eigenvalue weighted by Gasteiger charge is -2.51. The lowest BCUT2D eigenvalue weighted by Crippen LogP contribution is -2.57. The van der Waals surface area contributed by atoms with Crippen LogP contribution in [0.25, 0.3) is 0 Å². The SMILES string of the molecule is CCCC1(CCC)CN(CC(C)CNC)C1. The molecule has 1 N–H and O–H groups in total. The molecular weight excluding hydrogens is 196 g/mol. The lowest BCUT2D eigenvalue weighted by atomic mass is 9.72. The number of likely N-dealkylation sites (tertiary alicyclic amines) is 1. The van der Waals surface area contributed by atoms with E-state index in [9.17, 15) is 0 Å². The maximum absolute atomic E-state index is 3.27. The van der Waals surface area contributed by atoms with Gasteiger partial charge in [-0.3, -0.25) is 0 Å². The van der Waals surface area contributed by atoms with Crippen molar-refractivity contribution in [3.05, 3.63) is 0 Å². The van der Waals surface area contributed by atoms with Crippen LogP contribution < -0.4 is 5.32 Å². The summed E-state index contributed by atoms with van der Waals surface area (Å²) in [5.74, 6) is 0.784. The number of hydrogen-bond acceptors (Lipinski definition) is 2. The molecule has 0 saturated carbocycles. The fourth-order valence-electron chi connectivity index (χ4n) is 3.39. The fraction of sp³-hybridized carbons (Fsp3) is 1.00. The molecule has 0 aromatic carbocycles. The second-order valence-electron chi connectivity index (χ2n) is 5.83. The van der Waals surface area contributed by atoms with Crippen LogP contribution in [-0.4, -0.2) is 38.1 Å². The van der Waals surface area contributed by atoms with Gasteiger partial charge >= 0.3 is 0 Å². The molecule has 0 aliphatic carbocycles. The summed E-state index contributed by atoms with van der Waals surface area (Å²) in [6.45, 7) is 12.1. The zero-order valence-corrected chi connectivity index (χ0v) is 11.7. The summed E-state index contributed by atoms with van der Waals surface area (Å²) in [5, 5.41) is 3.27. The molecule has 0 amide bonds. The van der Waals surface area contributed by atoms with Gasteiger partial charge in [0.25, 0.3) is 0 Å². The van der Waals surface area contributed by atoms with E-state index < -0.39 is 0 Å². The Morgan fingerprint density at radius 3 is 2.19 bits per heavy atom. The molecule has 16 heavy (non-hydrogen) atoms. The molecule has 0 aromatic rings. The van der Waals surface area contributed by atoms with Gasteiger partial charge in [-0.05, 0) is 37.8 Å². The first-order valence-electron chi connectivity index (χ1n) is 7.02. The molecule has 1 heterocycles. The average Bonchev–Trinajstić information content (AvgIpc) is 2.16. The summed E-state index contributed by atoms with van der Waals surface area (Å²) < 4.78 is 0. The van der Waals surface area contributed by atoms with Gasteiger partial charge in [0.2, 0.25) is 0 Å². The Morgan fingerprint density at radius 2 is 1.75 bits per heavy atom. The Labute approximate surface area is 102 Å². The predicted molar refractivity (Wildman–Crippen MR) is 71.8 cm³/mol. The Kier molecular flexibility index (Phi) is 5.77. The van der Waals surface area contributed by atoms with Crippen molar-refractivity contribution in [2.24, 2.45) is 11.3 Å². The number of rotatable bonds is 8. The standard InChI is InChI=1S/C14H30N2/c1-5-7-14(8-6-2)11-16(12-14)10-13(3)9-15-4/h13,15H,5-12H2,1-4H3. The van der Waals surface area contributed by atoms with E-state index in [1.165, 1.54) is 45.3 Å². The molecule has 1 aliphatic rings. The highest BCUT2D eigenvalue weighted by atomic mass is 15.2. The summed E-state index contributed by atoms with van der Waals surface area (Å²) in [6.07, 6.45) is 5.55.